The Balaban J connectivity index is 1.39. The first-order chi connectivity index (χ1) is 14.7. The molecule has 8 nitrogen and oxygen atoms in total. The molecule has 1 unspecified atom stereocenters. The molecule has 0 saturated carbocycles. The van der Waals surface area contributed by atoms with Crippen LogP contribution in [0.25, 0.3) is 22.3 Å². The minimum atomic E-state index is -0.759. The lowest BCUT2D eigenvalue weighted by Gasteiger charge is -2.25. The summed E-state index contributed by atoms with van der Waals surface area (Å²) in [5.74, 6) is 1.38. The van der Waals surface area contributed by atoms with Gasteiger partial charge < -0.3 is 24.5 Å². The molecular weight excluding hydrogens is 384 g/mol. The molecule has 1 atom stereocenters. The molecule has 2 N–H and O–H groups in total. The van der Waals surface area contributed by atoms with Gasteiger partial charge in [-0.05, 0) is 30.3 Å². The maximum Gasteiger partial charge on any atom is 0.269 e. The lowest BCUT2D eigenvalue weighted by molar-refractivity contribution is -0.125. The summed E-state index contributed by atoms with van der Waals surface area (Å²) < 4.78 is 16.9. The monoisotopic (exact) mass is 402 g/mol. The number of fused-ring (bicyclic) bond motifs is 2. The molecule has 5 rings (SSSR count). The van der Waals surface area contributed by atoms with E-state index in [1.54, 1.807) is 25.3 Å². The molecule has 2 aromatic heterocycles. The van der Waals surface area contributed by atoms with Crippen molar-refractivity contribution >= 4 is 22.6 Å². The number of aromatic nitrogens is 3. The first-order valence-electron chi connectivity index (χ1n) is 9.39. The Labute approximate surface area is 171 Å². The highest BCUT2D eigenvalue weighted by atomic mass is 16.6. The average Bonchev–Trinajstić information content (AvgIpc) is 3.28. The zero-order valence-electron chi connectivity index (χ0n) is 16.1. The van der Waals surface area contributed by atoms with Crippen LogP contribution in [0.1, 0.15) is 0 Å². The molecule has 0 saturated heterocycles. The van der Waals surface area contributed by atoms with Gasteiger partial charge in [0, 0.05) is 17.1 Å². The Kier molecular flexibility index (Phi) is 4.44. The van der Waals surface area contributed by atoms with E-state index in [0.29, 0.717) is 22.9 Å². The molecule has 2 aromatic carbocycles. The van der Waals surface area contributed by atoms with Crippen LogP contribution in [-0.2, 0) is 4.79 Å². The molecule has 0 fully saturated rings. The number of para-hydroxylation sites is 2. The predicted molar refractivity (Wildman–Crippen MR) is 111 cm³/mol. The molecule has 0 aliphatic carbocycles. The van der Waals surface area contributed by atoms with Crippen molar-refractivity contribution in [3.8, 4) is 28.5 Å². The number of amides is 1. The van der Waals surface area contributed by atoms with E-state index in [4.69, 9.17) is 14.2 Å². The third-order valence-corrected chi connectivity index (χ3v) is 4.89. The summed E-state index contributed by atoms with van der Waals surface area (Å²) in [7, 11) is 1.55. The number of hydrogen-bond donors (Lipinski definition) is 2. The van der Waals surface area contributed by atoms with Crippen LogP contribution in [0.5, 0.6) is 17.2 Å². The van der Waals surface area contributed by atoms with Crippen LogP contribution in [0.2, 0.25) is 0 Å². The number of carbonyl (C=O) groups excluding carboxylic acids is 1. The SMILES string of the molecule is COc1cc(-c2ncnc3[nH]ccc23)ccc1NC(=O)C1COc2ccccc2O1. The molecule has 8 heteroatoms. The van der Waals surface area contributed by atoms with E-state index in [-0.39, 0.29) is 12.5 Å². The number of carbonyl (C=O) groups is 1. The Bertz CT molecular complexity index is 1240. The van der Waals surface area contributed by atoms with Gasteiger partial charge in [-0.25, -0.2) is 9.97 Å². The van der Waals surface area contributed by atoms with Gasteiger partial charge in [0.1, 0.15) is 24.3 Å². The molecule has 30 heavy (non-hydrogen) atoms. The highest BCUT2D eigenvalue weighted by molar-refractivity contribution is 5.97. The van der Waals surface area contributed by atoms with Crippen molar-refractivity contribution < 1.29 is 19.0 Å². The molecule has 0 spiro atoms. The van der Waals surface area contributed by atoms with Crippen molar-refractivity contribution in [3.05, 3.63) is 61.1 Å². The normalized spacial score (nSPS) is 15.0. The number of ether oxygens (including phenoxy) is 3. The minimum Gasteiger partial charge on any atom is -0.495 e. The van der Waals surface area contributed by atoms with Gasteiger partial charge in [-0.15, -0.1) is 0 Å². The van der Waals surface area contributed by atoms with Crippen LogP contribution in [-0.4, -0.2) is 40.7 Å². The van der Waals surface area contributed by atoms with E-state index in [9.17, 15) is 4.79 Å². The van der Waals surface area contributed by atoms with Crippen LogP contribution >= 0.6 is 0 Å². The number of hydrogen-bond acceptors (Lipinski definition) is 6. The molecule has 150 valence electrons. The quantitative estimate of drug-likeness (QED) is 0.543. The predicted octanol–water partition coefficient (Wildman–Crippen LogP) is 3.41. The topological polar surface area (TPSA) is 98.4 Å². The number of aromatic amines is 1. The van der Waals surface area contributed by atoms with Gasteiger partial charge in [0.15, 0.2) is 11.5 Å². The van der Waals surface area contributed by atoms with Gasteiger partial charge in [-0.1, -0.05) is 18.2 Å². The van der Waals surface area contributed by atoms with Gasteiger partial charge in [-0.3, -0.25) is 4.79 Å². The Hall–Kier alpha value is -4.07. The smallest absolute Gasteiger partial charge is 0.269 e. The maximum absolute atomic E-state index is 12.7. The summed E-state index contributed by atoms with van der Waals surface area (Å²) in [5, 5.41) is 3.77. The molecule has 1 aliphatic heterocycles. The number of anilines is 1. The van der Waals surface area contributed by atoms with Gasteiger partial charge in [-0.2, -0.15) is 0 Å². The maximum atomic E-state index is 12.7. The molecule has 0 radical (unpaired) electrons. The first kappa shape index (κ1) is 18.0. The van der Waals surface area contributed by atoms with Gasteiger partial charge in [0.2, 0.25) is 6.10 Å². The first-order valence-corrected chi connectivity index (χ1v) is 9.39. The fraction of sp³-hybridized carbons (Fsp3) is 0.136. The zero-order valence-corrected chi connectivity index (χ0v) is 16.1. The fourth-order valence-corrected chi connectivity index (χ4v) is 3.41. The van der Waals surface area contributed by atoms with E-state index < -0.39 is 6.10 Å². The van der Waals surface area contributed by atoms with Crippen LogP contribution < -0.4 is 19.5 Å². The highest BCUT2D eigenvalue weighted by Gasteiger charge is 2.28. The third kappa shape index (κ3) is 3.18. The van der Waals surface area contributed by atoms with Crippen molar-refractivity contribution in [2.45, 2.75) is 6.10 Å². The lowest BCUT2D eigenvalue weighted by Crippen LogP contribution is -2.40. The second-order valence-electron chi connectivity index (χ2n) is 6.73. The van der Waals surface area contributed by atoms with Crippen molar-refractivity contribution in [2.24, 2.45) is 0 Å². The van der Waals surface area contributed by atoms with Crippen molar-refractivity contribution in [3.63, 3.8) is 0 Å². The Morgan fingerprint density at radius 1 is 1.17 bits per heavy atom. The van der Waals surface area contributed by atoms with E-state index in [0.717, 1.165) is 22.3 Å². The summed E-state index contributed by atoms with van der Waals surface area (Å²) in [6.45, 7) is 0.135. The van der Waals surface area contributed by atoms with Crippen molar-refractivity contribution in [2.75, 3.05) is 19.0 Å². The van der Waals surface area contributed by atoms with Crippen LogP contribution in [0.3, 0.4) is 0 Å². The van der Waals surface area contributed by atoms with E-state index >= 15 is 0 Å². The third-order valence-electron chi connectivity index (χ3n) is 4.89. The van der Waals surface area contributed by atoms with Crippen LogP contribution in [0.15, 0.2) is 61.1 Å². The van der Waals surface area contributed by atoms with Crippen molar-refractivity contribution in [1.82, 2.24) is 15.0 Å². The largest absolute Gasteiger partial charge is 0.495 e. The minimum absolute atomic E-state index is 0.135. The number of benzene rings is 2. The molecule has 4 aromatic rings. The number of methoxy groups -OCH3 is 1. The zero-order chi connectivity index (χ0) is 20.5. The van der Waals surface area contributed by atoms with Gasteiger partial charge >= 0.3 is 0 Å². The van der Waals surface area contributed by atoms with Gasteiger partial charge in [0.25, 0.3) is 5.91 Å². The summed E-state index contributed by atoms with van der Waals surface area (Å²) in [6.07, 6.45) is 2.57. The van der Waals surface area contributed by atoms with Crippen molar-refractivity contribution in [1.29, 1.82) is 0 Å². The fourth-order valence-electron chi connectivity index (χ4n) is 3.41. The van der Waals surface area contributed by atoms with Crippen LogP contribution in [0.4, 0.5) is 5.69 Å². The summed E-state index contributed by atoms with van der Waals surface area (Å²) in [4.78, 5) is 24.4. The van der Waals surface area contributed by atoms with E-state index in [1.165, 1.54) is 6.33 Å². The number of nitrogens with one attached hydrogen (secondary N) is 2. The number of H-pyrrole nitrogens is 1. The van der Waals surface area contributed by atoms with E-state index in [1.807, 2.05) is 36.5 Å². The summed E-state index contributed by atoms with van der Waals surface area (Å²) in [5.41, 5.74) is 2.92. The number of nitrogens with zero attached hydrogens (tertiary/aromatic N) is 2. The van der Waals surface area contributed by atoms with Gasteiger partial charge in [0.05, 0.1) is 18.5 Å². The molecular formula is C22H18N4O4. The van der Waals surface area contributed by atoms with E-state index in [2.05, 4.69) is 20.3 Å². The summed E-state index contributed by atoms with van der Waals surface area (Å²) >= 11 is 0. The standard InChI is InChI=1S/C22H18N4O4/c1-28-18-10-13(20-14-8-9-23-21(14)25-12-24-20)6-7-15(18)26-22(27)19-11-29-16-4-2-3-5-17(16)30-19/h2-10,12,19H,11H2,1H3,(H,26,27)(H,23,24,25). The lowest BCUT2D eigenvalue weighted by atomic mass is 10.1. The average molecular weight is 402 g/mol. The number of rotatable bonds is 4. The Morgan fingerprint density at radius 2 is 2.03 bits per heavy atom. The van der Waals surface area contributed by atoms with Crippen LogP contribution in [0, 0.1) is 0 Å². The summed E-state index contributed by atoms with van der Waals surface area (Å²) in [6, 6.07) is 14.7. The molecule has 3 heterocycles. The molecule has 1 amide bonds. The Morgan fingerprint density at radius 3 is 2.90 bits per heavy atom. The molecule has 0 bridgehead atoms. The second-order valence-corrected chi connectivity index (χ2v) is 6.73. The highest BCUT2D eigenvalue weighted by Crippen LogP contribution is 2.34. The second kappa shape index (κ2) is 7.40. The molecule has 1 aliphatic rings.